The molecule has 34 heavy (non-hydrogen) atoms. The summed E-state index contributed by atoms with van der Waals surface area (Å²) in [6.45, 7) is 3.19. The topological polar surface area (TPSA) is 60.1 Å². The smallest absolute Gasteiger partial charge is 0.224 e. The van der Waals surface area contributed by atoms with E-state index >= 15 is 0 Å². The number of benzene rings is 2. The Balaban J connectivity index is 1.42. The Morgan fingerprint density at radius 2 is 1.74 bits per heavy atom. The molecule has 0 radical (unpaired) electrons. The fraction of sp³-hybridized carbons (Fsp3) is 0.500. The minimum absolute atomic E-state index is 0.137. The van der Waals surface area contributed by atoms with Gasteiger partial charge in [0.25, 0.3) is 0 Å². The highest BCUT2D eigenvalue weighted by Crippen LogP contribution is 2.32. The van der Waals surface area contributed by atoms with Crippen molar-refractivity contribution in [1.82, 2.24) is 9.88 Å². The second kappa shape index (κ2) is 10.4. The lowest BCUT2D eigenvalue weighted by molar-refractivity contribution is -0.121. The van der Waals surface area contributed by atoms with E-state index in [1.54, 1.807) is 0 Å². The Bertz CT molecular complexity index is 1130. The number of aromatic nitrogens is 1. The molecule has 0 saturated heterocycles. The van der Waals surface area contributed by atoms with Gasteiger partial charge in [-0.3, -0.25) is 4.79 Å². The van der Waals surface area contributed by atoms with Crippen LogP contribution in [0.5, 0.6) is 0 Å². The molecule has 2 saturated carbocycles. The zero-order valence-electron chi connectivity index (χ0n) is 20.6. The summed E-state index contributed by atoms with van der Waals surface area (Å²) in [5, 5.41) is 4.51. The summed E-state index contributed by atoms with van der Waals surface area (Å²) in [5.41, 5.74) is 12.2. The van der Waals surface area contributed by atoms with E-state index in [0.717, 1.165) is 43.7 Å². The summed E-state index contributed by atoms with van der Waals surface area (Å²) in [7, 11) is 0. The van der Waals surface area contributed by atoms with Gasteiger partial charge in [0, 0.05) is 35.7 Å². The summed E-state index contributed by atoms with van der Waals surface area (Å²) >= 11 is 0. The van der Waals surface area contributed by atoms with Crippen LogP contribution >= 0.6 is 0 Å². The van der Waals surface area contributed by atoms with Crippen molar-refractivity contribution >= 4 is 16.8 Å². The van der Waals surface area contributed by atoms with E-state index in [0.29, 0.717) is 12.5 Å². The fourth-order valence-electron chi connectivity index (χ4n) is 6.03. The van der Waals surface area contributed by atoms with Crippen LogP contribution in [0.2, 0.25) is 0 Å². The number of nitrogens with one attached hydrogen (secondary N) is 1. The lowest BCUT2D eigenvalue weighted by atomic mass is 9.89. The molecule has 3 aromatic rings. The Kier molecular flexibility index (Phi) is 7.05. The predicted molar refractivity (Wildman–Crippen MR) is 141 cm³/mol. The summed E-state index contributed by atoms with van der Waals surface area (Å²) in [4.78, 5) is 13.1. The monoisotopic (exact) mass is 457 g/mol. The van der Waals surface area contributed by atoms with Gasteiger partial charge in [-0.25, -0.2) is 0 Å². The van der Waals surface area contributed by atoms with Gasteiger partial charge in [-0.1, -0.05) is 55.2 Å². The van der Waals surface area contributed by atoms with Crippen molar-refractivity contribution in [3.05, 3.63) is 59.8 Å². The third-order valence-electron chi connectivity index (χ3n) is 7.98. The van der Waals surface area contributed by atoms with E-state index in [-0.39, 0.29) is 11.9 Å². The van der Waals surface area contributed by atoms with Crippen molar-refractivity contribution in [3.8, 4) is 11.1 Å². The lowest BCUT2D eigenvalue weighted by Crippen LogP contribution is -2.41. The number of aryl methyl sites for hydroxylation is 1. The zero-order chi connectivity index (χ0) is 23.5. The average molecular weight is 458 g/mol. The first-order valence-electron chi connectivity index (χ1n) is 13.3. The van der Waals surface area contributed by atoms with Crippen LogP contribution < -0.4 is 11.1 Å². The van der Waals surface area contributed by atoms with Gasteiger partial charge in [0.2, 0.25) is 5.91 Å². The normalized spacial score (nSPS) is 21.6. The molecular formula is C30H39N3O. The van der Waals surface area contributed by atoms with E-state index in [1.807, 2.05) is 0 Å². The fourth-order valence-corrected chi connectivity index (χ4v) is 6.03. The molecule has 0 aliphatic heterocycles. The van der Waals surface area contributed by atoms with E-state index in [9.17, 15) is 4.79 Å². The van der Waals surface area contributed by atoms with Gasteiger partial charge in [0.1, 0.15) is 0 Å². The standard InChI is InChI=1S/C30H39N3O/c1-21-6-5-9-23(16-21)24-10-15-29-28(17-24)25(20-33(29)19-22-7-3-2-4-8-22)18-30(34)32-27-13-11-26(31)12-14-27/h5-6,9-10,15-17,20,22,26-27H,2-4,7-8,11-14,18-19,31H2,1H3,(H,32,34)/t26-,27-. The number of hydrogen-bond acceptors (Lipinski definition) is 2. The Morgan fingerprint density at radius 1 is 0.971 bits per heavy atom. The minimum atomic E-state index is 0.137. The van der Waals surface area contributed by atoms with Gasteiger partial charge >= 0.3 is 0 Å². The number of nitrogens with two attached hydrogens (primary N) is 1. The van der Waals surface area contributed by atoms with Gasteiger partial charge in [0.15, 0.2) is 0 Å². The Hall–Kier alpha value is -2.59. The number of fused-ring (bicyclic) bond motifs is 1. The molecule has 1 aromatic heterocycles. The molecular weight excluding hydrogens is 418 g/mol. The molecule has 1 amide bonds. The third kappa shape index (κ3) is 5.38. The van der Waals surface area contributed by atoms with Gasteiger partial charge in [0.05, 0.1) is 6.42 Å². The highest BCUT2D eigenvalue weighted by Gasteiger charge is 2.22. The van der Waals surface area contributed by atoms with E-state index < -0.39 is 0 Å². The SMILES string of the molecule is Cc1cccc(-c2ccc3c(c2)c(CC(=O)N[C@H]2CC[C@H](N)CC2)cn3CC2CCCCC2)c1. The lowest BCUT2D eigenvalue weighted by Gasteiger charge is -2.26. The second-order valence-corrected chi connectivity index (χ2v) is 10.8. The van der Waals surface area contributed by atoms with Gasteiger partial charge in [-0.05, 0) is 80.2 Å². The maximum absolute atomic E-state index is 13.1. The van der Waals surface area contributed by atoms with Crippen LogP contribution in [0.1, 0.15) is 68.9 Å². The van der Waals surface area contributed by atoms with E-state index in [4.69, 9.17) is 5.73 Å². The van der Waals surface area contributed by atoms with Gasteiger partial charge in [-0.15, -0.1) is 0 Å². The highest BCUT2D eigenvalue weighted by molar-refractivity contribution is 5.92. The second-order valence-electron chi connectivity index (χ2n) is 10.8. The van der Waals surface area contributed by atoms with Crippen LogP contribution in [0.15, 0.2) is 48.7 Å². The molecule has 2 aliphatic carbocycles. The summed E-state index contributed by atoms with van der Waals surface area (Å²) in [5.74, 6) is 0.882. The molecule has 0 bridgehead atoms. The summed E-state index contributed by atoms with van der Waals surface area (Å²) in [6, 6.07) is 16.0. The molecule has 5 rings (SSSR count). The first kappa shape index (κ1) is 23.2. The Labute approximate surface area is 203 Å². The highest BCUT2D eigenvalue weighted by atomic mass is 16.1. The predicted octanol–water partition coefficient (Wildman–Crippen LogP) is 6.13. The molecule has 2 aromatic carbocycles. The molecule has 2 fully saturated rings. The van der Waals surface area contributed by atoms with Crippen LogP contribution in [0, 0.1) is 12.8 Å². The number of carbonyl (C=O) groups is 1. The molecule has 2 aliphatic rings. The molecule has 0 spiro atoms. The Morgan fingerprint density at radius 3 is 2.50 bits per heavy atom. The quantitative estimate of drug-likeness (QED) is 0.468. The minimum Gasteiger partial charge on any atom is -0.353 e. The molecule has 4 nitrogen and oxygen atoms in total. The van der Waals surface area contributed by atoms with Crippen molar-refractivity contribution in [2.24, 2.45) is 11.7 Å². The maximum atomic E-state index is 13.1. The van der Waals surface area contributed by atoms with E-state index in [2.05, 4.69) is 65.5 Å². The molecule has 3 N–H and O–H groups in total. The van der Waals surface area contributed by atoms with E-state index in [1.165, 1.54) is 59.7 Å². The zero-order valence-corrected chi connectivity index (χ0v) is 20.6. The van der Waals surface area contributed by atoms with Crippen molar-refractivity contribution in [1.29, 1.82) is 0 Å². The number of rotatable bonds is 6. The summed E-state index contributed by atoms with van der Waals surface area (Å²) < 4.78 is 2.42. The first-order valence-corrected chi connectivity index (χ1v) is 13.3. The number of amides is 1. The van der Waals surface area contributed by atoms with Crippen molar-refractivity contribution in [2.45, 2.75) is 89.8 Å². The average Bonchev–Trinajstić information content (AvgIpc) is 3.17. The number of carbonyl (C=O) groups excluding carboxylic acids is 1. The third-order valence-corrected chi connectivity index (χ3v) is 7.98. The maximum Gasteiger partial charge on any atom is 0.224 e. The largest absolute Gasteiger partial charge is 0.353 e. The molecule has 1 heterocycles. The van der Waals surface area contributed by atoms with Crippen LogP contribution in [0.25, 0.3) is 22.0 Å². The van der Waals surface area contributed by atoms with Crippen molar-refractivity contribution in [3.63, 3.8) is 0 Å². The molecule has 4 heteroatoms. The van der Waals surface area contributed by atoms with Crippen LogP contribution in [-0.4, -0.2) is 22.6 Å². The molecule has 0 atom stereocenters. The van der Waals surface area contributed by atoms with Crippen LogP contribution in [0.4, 0.5) is 0 Å². The van der Waals surface area contributed by atoms with Gasteiger partial charge < -0.3 is 15.6 Å². The number of hydrogen-bond donors (Lipinski definition) is 2. The molecule has 180 valence electrons. The van der Waals surface area contributed by atoms with Crippen molar-refractivity contribution < 1.29 is 4.79 Å². The van der Waals surface area contributed by atoms with Crippen LogP contribution in [-0.2, 0) is 17.8 Å². The first-order chi connectivity index (χ1) is 16.5. The number of nitrogens with zero attached hydrogens (tertiary/aromatic N) is 1. The summed E-state index contributed by atoms with van der Waals surface area (Å²) in [6.07, 6.45) is 13.4. The van der Waals surface area contributed by atoms with Gasteiger partial charge in [-0.2, -0.15) is 0 Å². The van der Waals surface area contributed by atoms with Crippen molar-refractivity contribution in [2.75, 3.05) is 0 Å². The van der Waals surface area contributed by atoms with Crippen LogP contribution in [0.3, 0.4) is 0 Å². The molecule has 0 unspecified atom stereocenters.